The molecule has 15 heavy (non-hydrogen) atoms. The Morgan fingerprint density at radius 1 is 1.33 bits per heavy atom. The average Bonchev–Trinajstić information content (AvgIpc) is 2.27. The summed E-state index contributed by atoms with van der Waals surface area (Å²) in [4.78, 5) is 10.9. The Hall–Kier alpha value is -1.57. The van der Waals surface area contributed by atoms with Crippen molar-refractivity contribution in [2.45, 2.75) is 19.8 Å². The van der Waals surface area contributed by atoms with Crippen LogP contribution in [0.25, 0.3) is 0 Å². The third-order valence-electron chi connectivity index (χ3n) is 2.22. The number of carbonyl (C=O) groups excluding carboxylic acids is 1. The van der Waals surface area contributed by atoms with E-state index in [-0.39, 0.29) is 5.97 Å². The molecule has 2 nitrogen and oxygen atoms in total. The lowest BCUT2D eigenvalue weighted by Gasteiger charge is -2.01. The third kappa shape index (κ3) is 4.45. The second kappa shape index (κ2) is 6.02. The molecule has 0 spiro atoms. The van der Waals surface area contributed by atoms with E-state index in [1.807, 2.05) is 25.1 Å². The molecular weight excluding hydrogens is 188 g/mol. The molecule has 0 aromatic heterocycles. The zero-order valence-corrected chi connectivity index (χ0v) is 9.19. The maximum absolute atomic E-state index is 10.9. The van der Waals surface area contributed by atoms with Gasteiger partial charge in [-0.1, -0.05) is 35.9 Å². The van der Waals surface area contributed by atoms with Gasteiger partial charge < -0.3 is 4.74 Å². The quantitative estimate of drug-likeness (QED) is 0.557. The predicted molar refractivity (Wildman–Crippen MR) is 60.5 cm³/mol. The number of ether oxygens (including phenoxy) is 1. The minimum absolute atomic E-state index is 0.277. The standard InChI is InChI=1S/C13H16O2/c1-11(10-13(14)15-2)8-9-12-6-4-3-5-7-12/h3-7,10H,8-9H2,1-2H3/b11-10-. The molecule has 0 radical (unpaired) electrons. The molecule has 0 amide bonds. The fourth-order valence-corrected chi connectivity index (χ4v) is 1.32. The highest BCUT2D eigenvalue weighted by molar-refractivity contribution is 5.82. The normalized spacial score (nSPS) is 11.2. The molecule has 0 fully saturated rings. The molecule has 0 bridgehead atoms. The summed E-state index contributed by atoms with van der Waals surface area (Å²) in [5, 5.41) is 0. The summed E-state index contributed by atoms with van der Waals surface area (Å²) in [5.41, 5.74) is 2.33. The number of carbonyl (C=O) groups is 1. The molecule has 0 aliphatic heterocycles. The second-order valence-corrected chi connectivity index (χ2v) is 3.50. The summed E-state index contributed by atoms with van der Waals surface area (Å²) in [6, 6.07) is 10.2. The minimum Gasteiger partial charge on any atom is -0.466 e. The summed E-state index contributed by atoms with van der Waals surface area (Å²) in [6.45, 7) is 1.94. The van der Waals surface area contributed by atoms with E-state index in [0.717, 1.165) is 18.4 Å². The first-order valence-corrected chi connectivity index (χ1v) is 5.01. The summed E-state index contributed by atoms with van der Waals surface area (Å²) in [7, 11) is 1.39. The zero-order chi connectivity index (χ0) is 11.1. The van der Waals surface area contributed by atoms with Crippen molar-refractivity contribution in [1.82, 2.24) is 0 Å². The van der Waals surface area contributed by atoms with Gasteiger partial charge in [0.2, 0.25) is 0 Å². The van der Waals surface area contributed by atoms with Gasteiger partial charge in [-0.2, -0.15) is 0 Å². The molecule has 0 saturated carbocycles. The highest BCUT2D eigenvalue weighted by Crippen LogP contribution is 2.08. The first-order chi connectivity index (χ1) is 7.22. The Kier molecular flexibility index (Phi) is 4.61. The molecule has 1 aromatic carbocycles. The van der Waals surface area contributed by atoms with Crippen molar-refractivity contribution < 1.29 is 9.53 Å². The summed E-state index contributed by atoms with van der Waals surface area (Å²) in [5.74, 6) is -0.277. The molecular formula is C13H16O2. The highest BCUT2D eigenvalue weighted by Gasteiger charge is 1.97. The molecule has 0 atom stereocenters. The zero-order valence-electron chi connectivity index (χ0n) is 9.19. The summed E-state index contributed by atoms with van der Waals surface area (Å²) >= 11 is 0. The first kappa shape index (κ1) is 11.5. The van der Waals surface area contributed by atoms with Gasteiger partial charge in [0.05, 0.1) is 7.11 Å². The molecule has 0 saturated heterocycles. The van der Waals surface area contributed by atoms with Gasteiger partial charge in [0.15, 0.2) is 0 Å². The van der Waals surface area contributed by atoms with Crippen molar-refractivity contribution >= 4 is 5.97 Å². The van der Waals surface area contributed by atoms with Crippen LogP contribution >= 0.6 is 0 Å². The van der Waals surface area contributed by atoms with Crippen LogP contribution in [0, 0.1) is 0 Å². The number of esters is 1. The maximum Gasteiger partial charge on any atom is 0.330 e. The van der Waals surface area contributed by atoms with Crippen LogP contribution in [0.3, 0.4) is 0 Å². The van der Waals surface area contributed by atoms with Crippen LogP contribution in [-0.4, -0.2) is 13.1 Å². The van der Waals surface area contributed by atoms with Crippen molar-refractivity contribution in [1.29, 1.82) is 0 Å². The van der Waals surface area contributed by atoms with Gasteiger partial charge in [0.25, 0.3) is 0 Å². The second-order valence-electron chi connectivity index (χ2n) is 3.50. The fourth-order valence-electron chi connectivity index (χ4n) is 1.32. The van der Waals surface area contributed by atoms with E-state index in [9.17, 15) is 4.79 Å². The third-order valence-corrected chi connectivity index (χ3v) is 2.22. The Labute approximate surface area is 90.6 Å². The molecule has 0 aliphatic carbocycles. The van der Waals surface area contributed by atoms with E-state index in [2.05, 4.69) is 16.9 Å². The van der Waals surface area contributed by atoms with Gasteiger partial charge in [0, 0.05) is 6.08 Å². The van der Waals surface area contributed by atoms with Gasteiger partial charge in [-0.25, -0.2) is 4.79 Å². The fraction of sp³-hybridized carbons (Fsp3) is 0.308. The maximum atomic E-state index is 10.9. The van der Waals surface area contributed by atoms with Crippen molar-refractivity contribution in [2.75, 3.05) is 7.11 Å². The number of aryl methyl sites for hydroxylation is 1. The van der Waals surface area contributed by atoms with Crippen LogP contribution in [-0.2, 0) is 16.0 Å². The average molecular weight is 204 g/mol. The van der Waals surface area contributed by atoms with Crippen LogP contribution < -0.4 is 0 Å². The molecule has 2 heteroatoms. The molecule has 0 N–H and O–H groups in total. The largest absolute Gasteiger partial charge is 0.466 e. The number of allylic oxidation sites excluding steroid dienone is 1. The number of methoxy groups -OCH3 is 1. The van der Waals surface area contributed by atoms with Gasteiger partial charge in [-0.3, -0.25) is 0 Å². The van der Waals surface area contributed by atoms with Gasteiger partial charge in [0.1, 0.15) is 0 Å². The predicted octanol–water partition coefficient (Wildman–Crippen LogP) is 2.74. The number of benzene rings is 1. The molecule has 0 heterocycles. The molecule has 80 valence electrons. The summed E-state index contributed by atoms with van der Waals surface area (Å²) < 4.78 is 4.56. The van der Waals surface area contributed by atoms with E-state index in [4.69, 9.17) is 0 Å². The van der Waals surface area contributed by atoms with Gasteiger partial charge in [-0.05, 0) is 25.3 Å². The van der Waals surface area contributed by atoms with Crippen molar-refractivity contribution in [3.05, 3.63) is 47.5 Å². The number of rotatable bonds is 4. The van der Waals surface area contributed by atoms with E-state index in [1.165, 1.54) is 12.7 Å². The van der Waals surface area contributed by atoms with Crippen molar-refractivity contribution in [3.63, 3.8) is 0 Å². The molecule has 0 unspecified atom stereocenters. The molecule has 1 rings (SSSR count). The smallest absolute Gasteiger partial charge is 0.330 e. The van der Waals surface area contributed by atoms with Gasteiger partial charge in [-0.15, -0.1) is 0 Å². The van der Waals surface area contributed by atoms with E-state index >= 15 is 0 Å². The van der Waals surface area contributed by atoms with Crippen LogP contribution in [0.15, 0.2) is 42.0 Å². The monoisotopic (exact) mass is 204 g/mol. The SMILES string of the molecule is COC(=O)/C=C(/C)CCc1ccccc1. The summed E-state index contributed by atoms with van der Waals surface area (Å²) in [6.07, 6.45) is 3.39. The number of hydrogen-bond acceptors (Lipinski definition) is 2. The first-order valence-electron chi connectivity index (χ1n) is 5.01. The Morgan fingerprint density at radius 2 is 2.00 bits per heavy atom. The van der Waals surface area contributed by atoms with Crippen molar-refractivity contribution in [2.24, 2.45) is 0 Å². The van der Waals surface area contributed by atoms with Crippen LogP contribution in [0.1, 0.15) is 18.9 Å². The van der Waals surface area contributed by atoms with E-state index < -0.39 is 0 Å². The van der Waals surface area contributed by atoms with Crippen LogP contribution in [0.2, 0.25) is 0 Å². The number of hydrogen-bond donors (Lipinski definition) is 0. The van der Waals surface area contributed by atoms with E-state index in [1.54, 1.807) is 6.08 Å². The lowest BCUT2D eigenvalue weighted by Crippen LogP contribution is -1.96. The van der Waals surface area contributed by atoms with Gasteiger partial charge >= 0.3 is 5.97 Å². The van der Waals surface area contributed by atoms with Crippen LogP contribution in [0.4, 0.5) is 0 Å². The van der Waals surface area contributed by atoms with Crippen molar-refractivity contribution in [3.8, 4) is 0 Å². The highest BCUT2D eigenvalue weighted by atomic mass is 16.5. The Balaban J connectivity index is 2.44. The van der Waals surface area contributed by atoms with E-state index in [0.29, 0.717) is 0 Å². The molecule has 0 aliphatic rings. The Bertz CT molecular complexity index is 339. The minimum atomic E-state index is -0.277. The molecule has 1 aromatic rings. The Morgan fingerprint density at radius 3 is 2.60 bits per heavy atom. The van der Waals surface area contributed by atoms with Crippen LogP contribution in [0.5, 0.6) is 0 Å². The lowest BCUT2D eigenvalue weighted by molar-refractivity contribution is -0.134. The topological polar surface area (TPSA) is 26.3 Å². The lowest BCUT2D eigenvalue weighted by atomic mass is 10.1.